The van der Waals surface area contributed by atoms with Gasteiger partial charge in [0.25, 0.3) is 0 Å². The van der Waals surface area contributed by atoms with Gasteiger partial charge < -0.3 is 16.0 Å². The summed E-state index contributed by atoms with van der Waals surface area (Å²) in [6, 6.07) is 4.21. The second-order valence-electron chi connectivity index (χ2n) is 4.64. The van der Waals surface area contributed by atoms with Crippen LogP contribution in [0, 0.1) is 0 Å². The standard InChI is InChI=1S/C13H20N4S/c1-2-17-8-4-5-10(9-17)16-13-11(12(14)18)6-3-7-15-13/h3,6-7,10H,2,4-5,8-9H2,1H3,(H2,14,18)(H,15,16). The maximum atomic E-state index is 5.71. The van der Waals surface area contributed by atoms with E-state index in [1.165, 1.54) is 19.4 Å². The van der Waals surface area contributed by atoms with Gasteiger partial charge in [0.15, 0.2) is 0 Å². The summed E-state index contributed by atoms with van der Waals surface area (Å²) in [5.41, 5.74) is 6.55. The summed E-state index contributed by atoms with van der Waals surface area (Å²) < 4.78 is 0. The van der Waals surface area contributed by atoms with E-state index < -0.39 is 0 Å². The lowest BCUT2D eigenvalue weighted by molar-refractivity contribution is 0.226. The topological polar surface area (TPSA) is 54.2 Å². The van der Waals surface area contributed by atoms with Crippen LogP contribution in [-0.4, -0.2) is 40.5 Å². The normalized spacial score (nSPS) is 20.6. The molecule has 98 valence electrons. The molecule has 1 aliphatic heterocycles. The zero-order valence-electron chi connectivity index (χ0n) is 10.7. The number of pyridine rings is 1. The van der Waals surface area contributed by atoms with Crippen LogP contribution in [0.2, 0.25) is 0 Å². The van der Waals surface area contributed by atoms with Gasteiger partial charge in [0.1, 0.15) is 10.8 Å². The van der Waals surface area contributed by atoms with Gasteiger partial charge in [-0.3, -0.25) is 0 Å². The van der Waals surface area contributed by atoms with E-state index in [4.69, 9.17) is 18.0 Å². The number of rotatable bonds is 4. The number of hydrogen-bond acceptors (Lipinski definition) is 4. The summed E-state index contributed by atoms with van der Waals surface area (Å²) in [6.07, 6.45) is 4.16. The highest BCUT2D eigenvalue weighted by Gasteiger charge is 2.19. The highest BCUT2D eigenvalue weighted by atomic mass is 32.1. The Morgan fingerprint density at radius 1 is 1.67 bits per heavy atom. The van der Waals surface area contributed by atoms with E-state index in [0.717, 1.165) is 24.5 Å². The van der Waals surface area contributed by atoms with Crippen molar-refractivity contribution in [3.63, 3.8) is 0 Å². The van der Waals surface area contributed by atoms with Crippen LogP contribution in [0.3, 0.4) is 0 Å². The number of nitrogens with two attached hydrogens (primary N) is 1. The lowest BCUT2D eigenvalue weighted by Gasteiger charge is -2.32. The molecule has 1 atom stereocenters. The molecule has 1 unspecified atom stereocenters. The molecular weight excluding hydrogens is 244 g/mol. The van der Waals surface area contributed by atoms with Crippen LogP contribution in [0.1, 0.15) is 25.3 Å². The largest absolute Gasteiger partial charge is 0.389 e. The Bertz CT molecular complexity index is 421. The summed E-state index contributed by atoms with van der Waals surface area (Å²) in [7, 11) is 0. The Labute approximate surface area is 114 Å². The predicted octanol–water partition coefficient (Wildman–Crippen LogP) is 1.61. The molecular formula is C13H20N4S. The number of hydrogen-bond donors (Lipinski definition) is 2. The molecule has 1 saturated heterocycles. The van der Waals surface area contributed by atoms with Crippen LogP contribution < -0.4 is 11.1 Å². The Kier molecular flexibility index (Phi) is 4.49. The number of likely N-dealkylation sites (N-methyl/N-ethyl adjacent to an activating group) is 1. The number of thiocarbonyl (C=S) groups is 1. The molecule has 0 amide bonds. The van der Waals surface area contributed by atoms with E-state index in [1.807, 2.05) is 12.1 Å². The quantitative estimate of drug-likeness (QED) is 0.809. The summed E-state index contributed by atoms with van der Waals surface area (Å²) in [6.45, 7) is 5.55. The lowest BCUT2D eigenvalue weighted by atomic mass is 10.1. The van der Waals surface area contributed by atoms with Gasteiger partial charge in [-0.15, -0.1) is 0 Å². The molecule has 0 aliphatic carbocycles. The summed E-state index contributed by atoms with van der Waals surface area (Å²) in [5, 5.41) is 3.47. The molecule has 0 aromatic carbocycles. The molecule has 0 saturated carbocycles. The number of aromatic nitrogens is 1. The minimum absolute atomic E-state index is 0.397. The van der Waals surface area contributed by atoms with Crippen LogP contribution in [0.4, 0.5) is 5.82 Å². The third kappa shape index (κ3) is 3.17. The van der Waals surface area contributed by atoms with Crippen molar-refractivity contribution in [2.75, 3.05) is 25.0 Å². The van der Waals surface area contributed by atoms with E-state index in [2.05, 4.69) is 22.1 Å². The van der Waals surface area contributed by atoms with Crippen molar-refractivity contribution in [2.24, 2.45) is 5.73 Å². The van der Waals surface area contributed by atoms with Gasteiger partial charge in [-0.2, -0.15) is 0 Å². The Hall–Kier alpha value is -1.20. The fourth-order valence-corrected chi connectivity index (χ4v) is 2.54. The minimum atomic E-state index is 0.397. The first-order valence-corrected chi connectivity index (χ1v) is 6.85. The van der Waals surface area contributed by atoms with Crippen LogP contribution in [0.25, 0.3) is 0 Å². The smallest absolute Gasteiger partial charge is 0.136 e. The van der Waals surface area contributed by atoms with E-state index >= 15 is 0 Å². The summed E-state index contributed by atoms with van der Waals surface area (Å²) >= 11 is 5.05. The molecule has 1 fully saturated rings. The van der Waals surface area contributed by atoms with Gasteiger partial charge in [-0.1, -0.05) is 19.1 Å². The van der Waals surface area contributed by atoms with Crippen molar-refractivity contribution in [3.8, 4) is 0 Å². The number of nitrogens with zero attached hydrogens (tertiary/aromatic N) is 2. The molecule has 2 heterocycles. The molecule has 1 aromatic rings. The fourth-order valence-electron chi connectivity index (χ4n) is 2.37. The first-order valence-electron chi connectivity index (χ1n) is 6.44. The van der Waals surface area contributed by atoms with Crippen LogP contribution >= 0.6 is 12.2 Å². The van der Waals surface area contributed by atoms with Gasteiger partial charge in [0, 0.05) is 18.8 Å². The highest BCUT2D eigenvalue weighted by molar-refractivity contribution is 7.80. The minimum Gasteiger partial charge on any atom is -0.389 e. The number of piperidine rings is 1. The third-order valence-corrected chi connectivity index (χ3v) is 3.59. The lowest BCUT2D eigenvalue weighted by Crippen LogP contribution is -2.42. The Morgan fingerprint density at radius 3 is 3.22 bits per heavy atom. The van der Waals surface area contributed by atoms with E-state index in [0.29, 0.717) is 11.0 Å². The Balaban J connectivity index is 2.07. The molecule has 0 radical (unpaired) electrons. The van der Waals surface area contributed by atoms with E-state index in [1.54, 1.807) is 6.20 Å². The molecule has 4 nitrogen and oxygen atoms in total. The second-order valence-corrected chi connectivity index (χ2v) is 5.08. The van der Waals surface area contributed by atoms with Crippen LogP contribution in [0.5, 0.6) is 0 Å². The van der Waals surface area contributed by atoms with Crippen molar-refractivity contribution >= 4 is 23.0 Å². The first-order chi connectivity index (χ1) is 8.70. The van der Waals surface area contributed by atoms with Gasteiger partial charge in [-0.05, 0) is 38.1 Å². The van der Waals surface area contributed by atoms with Crippen molar-refractivity contribution in [2.45, 2.75) is 25.8 Å². The van der Waals surface area contributed by atoms with Crippen molar-refractivity contribution < 1.29 is 0 Å². The molecule has 5 heteroatoms. The predicted molar refractivity (Wildman–Crippen MR) is 78.9 cm³/mol. The van der Waals surface area contributed by atoms with Gasteiger partial charge in [0.05, 0.1) is 5.56 Å². The molecule has 1 aliphatic rings. The maximum absolute atomic E-state index is 5.71. The second kappa shape index (κ2) is 6.11. The summed E-state index contributed by atoms with van der Waals surface area (Å²) in [4.78, 5) is 7.19. The number of anilines is 1. The van der Waals surface area contributed by atoms with E-state index in [-0.39, 0.29) is 0 Å². The van der Waals surface area contributed by atoms with Gasteiger partial charge >= 0.3 is 0 Å². The van der Waals surface area contributed by atoms with Crippen molar-refractivity contribution in [3.05, 3.63) is 23.9 Å². The molecule has 3 N–H and O–H groups in total. The van der Waals surface area contributed by atoms with Crippen molar-refractivity contribution in [1.29, 1.82) is 0 Å². The Morgan fingerprint density at radius 2 is 2.50 bits per heavy atom. The SMILES string of the molecule is CCN1CCCC(Nc2ncccc2C(N)=S)C1. The van der Waals surface area contributed by atoms with Crippen molar-refractivity contribution in [1.82, 2.24) is 9.88 Å². The highest BCUT2D eigenvalue weighted by Crippen LogP contribution is 2.17. The molecule has 18 heavy (non-hydrogen) atoms. The average molecular weight is 264 g/mol. The monoisotopic (exact) mass is 264 g/mol. The van der Waals surface area contributed by atoms with Gasteiger partial charge in [0.2, 0.25) is 0 Å². The molecule has 0 bridgehead atoms. The molecule has 2 rings (SSSR count). The number of likely N-dealkylation sites (tertiary alicyclic amines) is 1. The maximum Gasteiger partial charge on any atom is 0.136 e. The first kappa shape index (κ1) is 13.2. The third-order valence-electron chi connectivity index (χ3n) is 3.37. The van der Waals surface area contributed by atoms with Crippen LogP contribution in [-0.2, 0) is 0 Å². The molecule has 1 aromatic heterocycles. The van der Waals surface area contributed by atoms with Crippen LogP contribution in [0.15, 0.2) is 18.3 Å². The average Bonchev–Trinajstić information content (AvgIpc) is 2.39. The van der Waals surface area contributed by atoms with Gasteiger partial charge in [-0.25, -0.2) is 4.98 Å². The zero-order valence-corrected chi connectivity index (χ0v) is 11.5. The fraction of sp³-hybridized carbons (Fsp3) is 0.538. The summed E-state index contributed by atoms with van der Waals surface area (Å²) in [5.74, 6) is 0.813. The van der Waals surface area contributed by atoms with E-state index in [9.17, 15) is 0 Å². The number of nitrogens with one attached hydrogen (secondary N) is 1. The zero-order chi connectivity index (χ0) is 13.0. The molecule has 0 spiro atoms.